The number of aromatic nitrogens is 1. The highest BCUT2D eigenvalue weighted by Crippen LogP contribution is 2.24. The van der Waals surface area contributed by atoms with Gasteiger partial charge in [-0.05, 0) is 37.3 Å². The summed E-state index contributed by atoms with van der Waals surface area (Å²) in [6, 6.07) is 9.91. The van der Waals surface area contributed by atoms with Crippen molar-refractivity contribution in [3.8, 4) is 0 Å². The molecule has 1 saturated heterocycles. The Balaban J connectivity index is 1.36. The molecule has 1 fully saturated rings. The predicted octanol–water partition coefficient (Wildman–Crippen LogP) is 3.06. The fraction of sp³-hybridized carbons (Fsp3) is 0.300. The van der Waals surface area contributed by atoms with Crippen LogP contribution in [0.5, 0.6) is 0 Å². The number of fused-ring (bicyclic) bond motifs is 1. The summed E-state index contributed by atoms with van der Waals surface area (Å²) >= 11 is 5.76. The molecule has 0 spiro atoms. The van der Waals surface area contributed by atoms with Crippen molar-refractivity contribution in [2.75, 3.05) is 36.4 Å². The molecule has 0 saturated carbocycles. The van der Waals surface area contributed by atoms with Crippen LogP contribution in [-0.2, 0) is 4.79 Å². The number of hydrogen-bond donors (Lipinski definition) is 2. The molecule has 0 radical (unpaired) electrons. The van der Waals surface area contributed by atoms with Gasteiger partial charge in [0.15, 0.2) is 5.58 Å². The van der Waals surface area contributed by atoms with Gasteiger partial charge < -0.3 is 14.6 Å². The Kier molecular flexibility index (Phi) is 5.29. The van der Waals surface area contributed by atoms with Crippen LogP contribution in [0.3, 0.4) is 0 Å². The van der Waals surface area contributed by atoms with Crippen LogP contribution in [0, 0.1) is 5.82 Å². The van der Waals surface area contributed by atoms with E-state index in [1.807, 2.05) is 6.92 Å². The minimum atomic E-state index is -0.532. The molecule has 1 aliphatic heterocycles. The summed E-state index contributed by atoms with van der Waals surface area (Å²) in [6.45, 7) is 4.30. The average Bonchev–Trinajstić information content (AvgIpc) is 3.05. The van der Waals surface area contributed by atoms with Crippen molar-refractivity contribution in [3.05, 3.63) is 57.8 Å². The summed E-state index contributed by atoms with van der Waals surface area (Å²) in [5, 5.41) is 2.94. The molecule has 0 unspecified atom stereocenters. The number of H-pyrrole nitrogens is 1. The van der Waals surface area contributed by atoms with E-state index >= 15 is 0 Å². The molecule has 152 valence electrons. The van der Waals surface area contributed by atoms with Crippen molar-refractivity contribution < 1.29 is 13.6 Å². The number of rotatable bonds is 4. The van der Waals surface area contributed by atoms with E-state index in [2.05, 4.69) is 20.1 Å². The first-order valence-electron chi connectivity index (χ1n) is 9.26. The molecule has 2 N–H and O–H groups in total. The molecule has 3 aromatic rings. The summed E-state index contributed by atoms with van der Waals surface area (Å²) in [7, 11) is 0. The number of piperazine rings is 1. The lowest BCUT2D eigenvalue weighted by molar-refractivity contribution is -0.117. The molecule has 2 heterocycles. The summed E-state index contributed by atoms with van der Waals surface area (Å²) in [5.41, 5.74) is 2.32. The van der Waals surface area contributed by atoms with E-state index in [0.29, 0.717) is 36.4 Å². The van der Waals surface area contributed by atoms with Gasteiger partial charge in [-0.25, -0.2) is 9.18 Å². The number of nitrogens with one attached hydrogen (secondary N) is 2. The normalized spacial score (nSPS) is 17.6. The van der Waals surface area contributed by atoms with Crippen LogP contribution < -0.4 is 16.0 Å². The van der Waals surface area contributed by atoms with E-state index in [1.54, 1.807) is 30.3 Å². The summed E-state index contributed by atoms with van der Waals surface area (Å²) in [5.74, 6) is -1.12. The molecular weight excluding hydrogens is 399 g/mol. The van der Waals surface area contributed by atoms with Crippen molar-refractivity contribution >= 4 is 40.0 Å². The lowest BCUT2D eigenvalue weighted by atomic mass is 10.1. The van der Waals surface area contributed by atoms with E-state index < -0.39 is 11.6 Å². The van der Waals surface area contributed by atoms with Gasteiger partial charge in [-0.3, -0.25) is 14.7 Å². The Bertz CT molecular complexity index is 1110. The van der Waals surface area contributed by atoms with E-state index in [4.69, 9.17) is 16.0 Å². The maximum Gasteiger partial charge on any atom is 0.417 e. The number of amides is 1. The second kappa shape index (κ2) is 7.88. The first kappa shape index (κ1) is 19.5. The van der Waals surface area contributed by atoms with Gasteiger partial charge in [0, 0.05) is 43.1 Å². The van der Waals surface area contributed by atoms with Crippen molar-refractivity contribution in [1.29, 1.82) is 0 Å². The molecule has 29 heavy (non-hydrogen) atoms. The lowest BCUT2D eigenvalue weighted by Crippen LogP contribution is -2.53. The van der Waals surface area contributed by atoms with Crippen LogP contribution in [0.1, 0.15) is 6.92 Å². The Morgan fingerprint density at radius 2 is 2.14 bits per heavy atom. The third kappa shape index (κ3) is 4.28. The van der Waals surface area contributed by atoms with E-state index in [-0.39, 0.29) is 23.5 Å². The monoisotopic (exact) mass is 418 g/mol. The lowest BCUT2D eigenvalue weighted by Gasteiger charge is -2.40. The van der Waals surface area contributed by atoms with Gasteiger partial charge in [-0.1, -0.05) is 11.6 Å². The summed E-state index contributed by atoms with van der Waals surface area (Å²) in [4.78, 5) is 30.4. The molecule has 1 aromatic heterocycles. The van der Waals surface area contributed by atoms with Crippen LogP contribution >= 0.6 is 11.6 Å². The predicted molar refractivity (Wildman–Crippen MR) is 110 cm³/mol. The summed E-state index contributed by atoms with van der Waals surface area (Å²) in [6.07, 6.45) is 0. The fourth-order valence-electron chi connectivity index (χ4n) is 3.55. The number of benzene rings is 2. The summed E-state index contributed by atoms with van der Waals surface area (Å²) < 4.78 is 18.8. The van der Waals surface area contributed by atoms with Crippen LogP contribution in [0.25, 0.3) is 11.1 Å². The Morgan fingerprint density at radius 3 is 2.90 bits per heavy atom. The highest BCUT2D eigenvalue weighted by atomic mass is 35.5. The number of anilines is 2. The van der Waals surface area contributed by atoms with Gasteiger partial charge >= 0.3 is 5.76 Å². The third-order valence-corrected chi connectivity index (χ3v) is 5.39. The van der Waals surface area contributed by atoms with E-state index in [0.717, 1.165) is 5.69 Å². The number of hydrogen-bond acceptors (Lipinski definition) is 5. The van der Waals surface area contributed by atoms with Gasteiger partial charge in [-0.2, -0.15) is 0 Å². The second-order valence-electron chi connectivity index (χ2n) is 7.14. The molecule has 1 amide bonds. The van der Waals surface area contributed by atoms with Gasteiger partial charge in [0.05, 0.1) is 17.1 Å². The van der Waals surface area contributed by atoms with Gasteiger partial charge in [0.2, 0.25) is 5.91 Å². The smallest absolute Gasteiger partial charge is 0.408 e. The zero-order valence-corrected chi connectivity index (χ0v) is 16.5. The topological polar surface area (TPSA) is 81.6 Å². The minimum Gasteiger partial charge on any atom is -0.408 e. The highest BCUT2D eigenvalue weighted by molar-refractivity contribution is 6.30. The number of nitrogens with zero attached hydrogens (tertiary/aromatic N) is 2. The standard InChI is InChI=1S/C20H20ClFN4O3/c1-12-10-26(14-3-4-15(21)16(22)9-14)7-6-25(12)11-19(27)23-13-2-5-17-18(8-13)29-20(28)24-17/h2-5,8-9,12H,6-7,10-11H2,1H3,(H,23,27)(H,24,28)/t12-/m1/s1. The molecule has 1 aliphatic rings. The number of carbonyl (C=O) groups is 1. The van der Waals surface area contributed by atoms with Crippen LogP contribution in [0.2, 0.25) is 5.02 Å². The Morgan fingerprint density at radius 1 is 1.31 bits per heavy atom. The van der Waals surface area contributed by atoms with Crippen molar-refractivity contribution in [3.63, 3.8) is 0 Å². The van der Waals surface area contributed by atoms with Gasteiger partial charge in [0.25, 0.3) is 0 Å². The molecule has 0 bridgehead atoms. The first-order chi connectivity index (χ1) is 13.9. The number of carbonyl (C=O) groups excluding carboxylic acids is 1. The van der Waals surface area contributed by atoms with Crippen molar-refractivity contribution in [2.24, 2.45) is 0 Å². The highest BCUT2D eigenvalue weighted by Gasteiger charge is 2.26. The average molecular weight is 419 g/mol. The molecule has 0 aliphatic carbocycles. The van der Waals surface area contributed by atoms with Crippen LogP contribution in [0.15, 0.2) is 45.6 Å². The van der Waals surface area contributed by atoms with Gasteiger partial charge in [0.1, 0.15) is 5.82 Å². The Hall–Kier alpha value is -2.84. The zero-order valence-electron chi connectivity index (χ0n) is 15.7. The maximum atomic E-state index is 13.7. The molecule has 9 heteroatoms. The van der Waals surface area contributed by atoms with E-state index in [1.165, 1.54) is 6.07 Å². The molecular formula is C20H20ClFN4O3. The number of oxazole rings is 1. The number of aromatic amines is 1. The molecule has 2 aromatic carbocycles. The van der Waals surface area contributed by atoms with E-state index in [9.17, 15) is 14.0 Å². The largest absolute Gasteiger partial charge is 0.417 e. The zero-order chi connectivity index (χ0) is 20.5. The van der Waals surface area contributed by atoms with Gasteiger partial charge in [-0.15, -0.1) is 0 Å². The van der Waals surface area contributed by atoms with Crippen LogP contribution in [0.4, 0.5) is 15.8 Å². The minimum absolute atomic E-state index is 0.106. The SMILES string of the molecule is C[C@@H]1CN(c2ccc(Cl)c(F)c2)CCN1CC(=O)Nc1ccc2[nH]c(=O)oc2c1. The quantitative estimate of drug-likeness (QED) is 0.680. The van der Waals surface area contributed by atoms with Crippen molar-refractivity contribution in [2.45, 2.75) is 13.0 Å². The maximum absolute atomic E-state index is 13.7. The van der Waals surface area contributed by atoms with Crippen molar-refractivity contribution in [1.82, 2.24) is 9.88 Å². The van der Waals surface area contributed by atoms with Crippen LogP contribution in [-0.4, -0.2) is 48.0 Å². The molecule has 1 atom stereocenters. The fourth-order valence-corrected chi connectivity index (χ4v) is 3.67. The molecule has 7 nitrogen and oxygen atoms in total. The molecule has 4 rings (SSSR count). The third-order valence-electron chi connectivity index (χ3n) is 5.08. The number of halogens is 2. The first-order valence-corrected chi connectivity index (χ1v) is 9.63. The second-order valence-corrected chi connectivity index (χ2v) is 7.54. The Labute approximate surface area is 171 Å².